The Morgan fingerprint density at radius 1 is 1.17 bits per heavy atom. The molecule has 3 aromatic rings. The van der Waals surface area contributed by atoms with Crippen LogP contribution in [0.25, 0.3) is 10.9 Å². The van der Waals surface area contributed by atoms with Gasteiger partial charge in [0.1, 0.15) is 16.7 Å². The molecule has 0 saturated heterocycles. The van der Waals surface area contributed by atoms with Gasteiger partial charge in [0.2, 0.25) is 0 Å². The summed E-state index contributed by atoms with van der Waals surface area (Å²) in [4.78, 5) is 4.41. The van der Waals surface area contributed by atoms with E-state index in [4.69, 9.17) is 16.3 Å². The van der Waals surface area contributed by atoms with E-state index >= 15 is 0 Å². The maximum atomic E-state index is 13.3. The Balaban J connectivity index is 1.88. The largest absolute Gasteiger partial charge is 0.497 e. The normalized spacial score (nSPS) is 10.8. The SMILES string of the molecule is COc1ccc2cc(CNc3cc(F)ccc3C)c(Cl)nc2c1. The molecule has 0 spiro atoms. The molecule has 0 atom stereocenters. The molecule has 118 valence electrons. The average molecular weight is 331 g/mol. The molecular formula is C18H16ClFN2O. The first-order valence-corrected chi connectivity index (χ1v) is 7.58. The summed E-state index contributed by atoms with van der Waals surface area (Å²) >= 11 is 6.27. The molecule has 0 saturated carbocycles. The summed E-state index contributed by atoms with van der Waals surface area (Å²) in [6.07, 6.45) is 0. The standard InChI is InChI=1S/C18H16ClFN2O/c1-11-3-5-14(20)8-16(11)21-10-13-7-12-4-6-15(23-2)9-17(12)22-18(13)19/h3-9,21H,10H2,1-2H3. The van der Waals surface area contributed by atoms with Crippen molar-refractivity contribution in [2.45, 2.75) is 13.5 Å². The van der Waals surface area contributed by atoms with E-state index in [9.17, 15) is 4.39 Å². The first kappa shape index (κ1) is 15.6. The number of nitrogens with one attached hydrogen (secondary N) is 1. The maximum absolute atomic E-state index is 13.3. The fourth-order valence-electron chi connectivity index (χ4n) is 2.39. The molecule has 1 N–H and O–H groups in total. The molecule has 0 fully saturated rings. The fourth-order valence-corrected chi connectivity index (χ4v) is 2.61. The zero-order valence-electron chi connectivity index (χ0n) is 12.9. The highest BCUT2D eigenvalue weighted by Gasteiger charge is 2.07. The van der Waals surface area contributed by atoms with E-state index < -0.39 is 0 Å². The Labute approximate surface area is 139 Å². The van der Waals surface area contributed by atoms with Crippen LogP contribution in [-0.2, 0) is 6.54 Å². The molecule has 0 aliphatic rings. The number of aryl methyl sites for hydroxylation is 1. The summed E-state index contributed by atoms with van der Waals surface area (Å²) in [6, 6.07) is 12.3. The molecule has 1 aromatic heterocycles. The number of anilines is 1. The molecule has 3 nitrogen and oxygen atoms in total. The highest BCUT2D eigenvalue weighted by molar-refractivity contribution is 6.30. The highest BCUT2D eigenvalue weighted by atomic mass is 35.5. The molecule has 0 unspecified atom stereocenters. The molecule has 23 heavy (non-hydrogen) atoms. The van der Waals surface area contributed by atoms with Crippen LogP contribution in [0.15, 0.2) is 42.5 Å². The lowest BCUT2D eigenvalue weighted by Gasteiger charge is -2.11. The predicted molar refractivity (Wildman–Crippen MR) is 91.8 cm³/mol. The van der Waals surface area contributed by atoms with E-state index in [1.165, 1.54) is 12.1 Å². The quantitative estimate of drug-likeness (QED) is 0.687. The van der Waals surface area contributed by atoms with E-state index in [1.54, 1.807) is 13.2 Å². The first-order chi connectivity index (χ1) is 11.1. The van der Waals surface area contributed by atoms with Gasteiger partial charge in [0.25, 0.3) is 0 Å². The third kappa shape index (κ3) is 3.37. The van der Waals surface area contributed by atoms with E-state index in [0.29, 0.717) is 11.7 Å². The number of pyridine rings is 1. The van der Waals surface area contributed by atoms with E-state index in [-0.39, 0.29) is 5.82 Å². The molecule has 3 rings (SSSR count). The first-order valence-electron chi connectivity index (χ1n) is 7.20. The van der Waals surface area contributed by atoms with E-state index in [2.05, 4.69) is 10.3 Å². The number of methoxy groups -OCH3 is 1. The predicted octanol–water partition coefficient (Wildman–Crippen LogP) is 4.96. The molecule has 0 bridgehead atoms. The van der Waals surface area contributed by atoms with Crippen molar-refractivity contribution in [3.63, 3.8) is 0 Å². The topological polar surface area (TPSA) is 34.1 Å². The molecule has 0 aliphatic heterocycles. The molecule has 1 heterocycles. The third-order valence-electron chi connectivity index (χ3n) is 3.72. The smallest absolute Gasteiger partial charge is 0.134 e. The molecule has 0 aliphatic carbocycles. The van der Waals surface area contributed by atoms with Crippen LogP contribution >= 0.6 is 11.6 Å². The molecule has 0 radical (unpaired) electrons. The molecular weight excluding hydrogens is 315 g/mol. The van der Waals surface area contributed by atoms with Crippen molar-refractivity contribution >= 4 is 28.2 Å². The van der Waals surface area contributed by atoms with Crippen molar-refractivity contribution in [3.8, 4) is 5.75 Å². The minimum Gasteiger partial charge on any atom is -0.497 e. The second kappa shape index (κ2) is 6.42. The number of halogens is 2. The van der Waals surface area contributed by atoms with Gasteiger partial charge in [0, 0.05) is 29.2 Å². The van der Waals surface area contributed by atoms with Crippen LogP contribution in [0.3, 0.4) is 0 Å². The number of ether oxygens (including phenoxy) is 1. The molecule has 2 aromatic carbocycles. The Kier molecular flexibility index (Phi) is 4.35. The molecule has 5 heteroatoms. The van der Waals surface area contributed by atoms with E-state index in [0.717, 1.165) is 33.5 Å². The van der Waals surface area contributed by atoms with Crippen LogP contribution in [0.1, 0.15) is 11.1 Å². The van der Waals surface area contributed by atoms with Crippen molar-refractivity contribution in [1.29, 1.82) is 0 Å². The Morgan fingerprint density at radius 3 is 2.78 bits per heavy atom. The van der Waals surface area contributed by atoms with Crippen LogP contribution in [0.5, 0.6) is 5.75 Å². The van der Waals surface area contributed by atoms with Gasteiger partial charge in [-0.25, -0.2) is 9.37 Å². The van der Waals surface area contributed by atoms with Gasteiger partial charge < -0.3 is 10.1 Å². The summed E-state index contributed by atoms with van der Waals surface area (Å²) in [5.74, 6) is 0.468. The van der Waals surface area contributed by atoms with Crippen molar-refractivity contribution in [2.75, 3.05) is 12.4 Å². The summed E-state index contributed by atoms with van der Waals surface area (Å²) in [6.45, 7) is 2.40. The Morgan fingerprint density at radius 2 is 2.00 bits per heavy atom. The number of aromatic nitrogens is 1. The fraction of sp³-hybridized carbons (Fsp3) is 0.167. The second-order valence-corrected chi connectivity index (χ2v) is 5.67. The van der Waals surface area contributed by atoms with Gasteiger partial charge in [-0.1, -0.05) is 17.7 Å². The lowest BCUT2D eigenvalue weighted by atomic mass is 10.1. The van der Waals surface area contributed by atoms with Gasteiger partial charge in [0.05, 0.1) is 12.6 Å². The van der Waals surface area contributed by atoms with Gasteiger partial charge >= 0.3 is 0 Å². The number of hydrogen-bond acceptors (Lipinski definition) is 3. The molecule has 0 amide bonds. The monoisotopic (exact) mass is 330 g/mol. The van der Waals surface area contributed by atoms with Gasteiger partial charge in [0.15, 0.2) is 0 Å². The lowest BCUT2D eigenvalue weighted by Crippen LogP contribution is -2.03. The minimum atomic E-state index is -0.270. The lowest BCUT2D eigenvalue weighted by molar-refractivity contribution is 0.415. The average Bonchev–Trinajstić information content (AvgIpc) is 2.55. The highest BCUT2D eigenvalue weighted by Crippen LogP contribution is 2.25. The number of nitrogens with zero attached hydrogens (tertiary/aromatic N) is 1. The van der Waals surface area contributed by atoms with Crippen LogP contribution in [0.4, 0.5) is 10.1 Å². The van der Waals surface area contributed by atoms with Crippen LogP contribution < -0.4 is 10.1 Å². The van der Waals surface area contributed by atoms with Gasteiger partial charge in [-0.3, -0.25) is 0 Å². The summed E-state index contributed by atoms with van der Waals surface area (Å²) in [7, 11) is 1.61. The van der Waals surface area contributed by atoms with Gasteiger partial charge in [-0.05, 0) is 42.8 Å². The van der Waals surface area contributed by atoms with Crippen LogP contribution in [0, 0.1) is 12.7 Å². The number of benzene rings is 2. The summed E-state index contributed by atoms with van der Waals surface area (Å²) < 4.78 is 18.5. The van der Waals surface area contributed by atoms with E-state index in [1.807, 2.05) is 31.2 Å². The Bertz CT molecular complexity index is 867. The zero-order valence-corrected chi connectivity index (χ0v) is 13.6. The Hall–Kier alpha value is -2.33. The van der Waals surface area contributed by atoms with Gasteiger partial charge in [-0.2, -0.15) is 0 Å². The summed E-state index contributed by atoms with van der Waals surface area (Å²) in [5.41, 5.74) is 3.35. The second-order valence-electron chi connectivity index (χ2n) is 5.31. The maximum Gasteiger partial charge on any atom is 0.134 e. The van der Waals surface area contributed by atoms with Crippen LogP contribution in [0.2, 0.25) is 5.15 Å². The number of fused-ring (bicyclic) bond motifs is 1. The van der Waals surface area contributed by atoms with Crippen molar-refractivity contribution < 1.29 is 9.13 Å². The summed E-state index contributed by atoms with van der Waals surface area (Å²) in [5, 5.41) is 4.61. The van der Waals surface area contributed by atoms with Crippen molar-refractivity contribution in [3.05, 3.63) is 64.6 Å². The van der Waals surface area contributed by atoms with Gasteiger partial charge in [-0.15, -0.1) is 0 Å². The van der Waals surface area contributed by atoms with Crippen molar-refractivity contribution in [2.24, 2.45) is 0 Å². The number of hydrogen-bond donors (Lipinski definition) is 1. The minimum absolute atomic E-state index is 0.270. The number of rotatable bonds is 4. The zero-order chi connectivity index (χ0) is 16.4. The third-order valence-corrected chi connectivity index (χ3v) is 4.05. The van der Waals surface area contributed by atoms with Crippen LogP contribution in [-0.4, -0.2) is 12.1 Å². The van der Waals surface area contributed by atoms with Crippen molar-refractivity contribution in [1.82, 2.24) is 4.98 Å².